The van der Waals surface area contributed by atoms with Crippen LogP contribution in [0.25, 0.3) is 0 Å². The summed E-state index contributed by atoms with van der Waals surface area (Å²) in [5, 5.41) is 4.99. The maximum atomic E-state index is 5.97. The Labute approximate surface area is 128 Å². The minimum Gasteiger partial charge on any atom is -0.486 e. The number of aromatic nitrogens is 2. The van der Waals surface area contributed by atoms with Crippen LogP contribution < -0.4 is 10.5 Å². The Hall–Kier alpha value is -1.59. The Kier molecular flexibility index (Phi) is 4.62. The second-order valence-corrected chi connectivity index (χ2v) is 5.55. The van der Waals surface area contributed by atoms with Crippen molar-refractivity contribution in [2.45, 2.75) is 26.5 Å². The Bertz CT molecular complexity index is 625. The molecule has 0 aliphatic rings. The third-order valence-electron chi connectivity index (χ3n) is 2.78. The van der Waals surface area contributed by atoms with Gasteiger partial charge in [-0.1, -0.05) is 23.8 Å². The first kappa shape index (κ1) is 14.8. The molecule has 0 aliphatic heterocycles. The molecule has 0 saturated carbocycles. The first-order valence-electron chi connectivity index (χ1n) is 6.23. The van der Waals surface area contributed by atoms with Gasteiger partial charge in [-0.05, 0) is 38.1 Å². The fourth-order valence-electron chi connectivity index (χ4n) is 1.71. The molecule has 0 radical (unpaired) electrons. The normalized spacial score (nSPS) is 10.8. The quantitative estimate of drug-likeness (QED) is 0.861. The predicted molar refractivity (Wildman–Crippen MR) is 84.3 cm³/mol. The number of benzene rings is 1. The first-order chi connectivity index (χ1) is 9.47. The number of thiocarbonyl (C=S) groups is 1. The average Bonchev–Trinajstić information content (AvgIpc) is 2.85. The zero-order valence-corrected chi connectivity index (χ0v) is 12.9. The van der Waals surface area contributed by atoms with Crippen molar-refractivity contribution in [2.24, 2.45) is 5.73 Å². The van der Waals surface area contributed by atoms with Gasteiger partial charge in [-0.25, -0.2) is 0 Å². The van der Waals surface area contributed by atoms with Crippen LogP contribution in [0.5, 0.6) is 5.75 Å². The van der Waals surface area contributed by atoms with Gasteiger partial charge in [-0.2, -0.15) is 5.10 Å². The van der Waals surface area contributed by atoms with Crippen LogP contribution in [0.3, 0.4) is 0 Å². The average molecular weight is 310 g/mol. The van der Waals surface area contributed by atoms with Crippen molar-refractivity contribution < 1.29 is 4.74 Å². The van der Waals surface area contributed by atoms with Gasteiger partial charge in [0.2, 0.25) is 0 Å². The highest BCUT2D eigenvalue weighted by molar-refractivity contribution is 7.80. The Morgan fingerprint density at radius 1 is 1.45 bits per heavy atom. The van der Waals surface area contributed by atoms with Crippen molar-refractivity contribution in [3.63, 3.8) is 0 Å². The van der Waals surface area contributed by atoms with E-state index < -0.39 is 0 Å². The van der Waals surface area contributed by atoms with E-state index in [1.165, 1.54) is 0 Å². The molecule has 0 amide bonds. The van der Waals surface area contributed by atoms with Gasteiger partial charge < -0.3 is 10.5 Å². The van der Waals surface area contributed by atoms with Crippen molar-refractivity contribution in [2.75, 3.05) is 0 Å². The van der Waals surface area contributed by atoms with Gasteiger partial charge in [0, 0.05) is 17.3 Å². The smallest absolute Gasteiger partial charge is 0.132 e. The molecule has 1 heterocycles. The molecule has 6 heteroatoms. The van der Waals surface area contributed by atoms with E-state index >= 15 is 0 Å². The minimum atomic E-state index is 0.282. The molecule has 4 nitrogen and oxygen atoms in total. The third kappa shape index (κ3) is 3.49. The summed E-state index contributed by atoms with van der Waals surface area (Å²) in [6.45, 7) is 4.48. The van der Waals surface area contributed by atoms with Crippen LogP contribution in [0.15, 0.2) is 30.5 Å². The van der Waals surface area contributed by atoms with E-state index in [1.807, 2.05) is 16.9 Å². The lowest BCUT2D eigenvalue weighted by molar-refractivity contribution is 0.298. The van der Waals surface area contributed by atoms with E-state index in [9.17, 15) is 0 Å². The molecular weight excluding hydrogens is 294 g/mol. The van der Waals surface area contributed by atoms with E-state index in [-0.39, 0.29) is 4.99 Å². The molecule has 0 spiro atoms. The standard InChI is InChI=1S/C14H16ClN3OS/c1-9(2)18-6-5-11(17-18)8-19-13-7-10(15)3-4-12(13)14(16)20/h3-7,9H,8H2,1-2H3,(H2,16,20). The molecular formula is C14H16ClN3OS. The zero-order chi connectivity index (χ0) is 14.7. The summed E-state index contributed by atoms with van der Waals surface area (Å²) in [5.41, 5.74) is 7.18. The van der Waals surface area contributed by atoms with Gasteiger partial charge in [0.05, 0.1) is 11.3 Å². The van der Waals surface area contributed by atoms with E-state index in [1.54, 1.807) is 18.2 Å². The number of ether oxygens (including phenoxy) is 1. The van der Waals surface area contributed by atoms with Gasteiger partial charge in [0.15, 0.2) is 0 Å². The van der Waals surface area contributed by atoms with Gasteiger partial charge in [0.25, 0.3) is 0 Å². The highest BCUT2D eigenvalue weighted by Crippen LogP contribution is 2.24. The van der Waals surface area contributed by atoms with E-state index in [0.717, 1.165) is 5.69 Å². The largest absolute Gasteiger partial charge is 0.486 e. The Morgan fingerprint density at radius 2 is 2.20 bits per heavy atom. The van der Waals surface area contributed by atoms with E-state index in [0.29, 0.717) is 29.0 Å². The van der Waals surface area contributed by atoms with Crippen LogP contribution in [0, 0.1) is 0 Å². The van der Waals surface area contributed by atoms with Gasteiger partial charge >= 0.3 is 0 Å². The molecule has 0 bridgehead atoms. The molecule has 2 aromatic rings. The fraction of sp³-hybridized carbons (Fsp3) is 0.286. The van der Waals surface area contributed by atoms with E-state index in [4.69, 9.17) is 34.3 Å². The lowest BCUT2D eigenvalue weighted by atomic mass is 10.2. The maximum absolute atomic E-state index is 5.97. The molecule has 1 aromatic carbocycles. The van der Waals surface area contributed by atoms with Crippen molar-refractivity contribution in [1.82, 2.24) is 9.78 Å². The van der Waals surface area contributed by atoms with Crippen molar-refractivity contribution in [3.8, 4) is 5.75 Å². The molecule has 20 heavy (non-hydrogen) atoms. The van der Waals surface area contributed by atoms with Gasteiger partial charge in [-0.3, -0.25) is 4.68 Å². The number of halogens is 1. The van der Waals surface area contributed by atoms with Crippen LogP contribution in [-0.4, -0.2) is 14.8 Å². The monoisotopic (exact) mass is 309 g/mol. The molecule has 0 saturated heterocycles. The minimum absolute atomic E-state index is 0.282. The molecule has 0 fully saturated rings. The molecule has 106 valence electrons. The second-order valence-electron chi connectivity index (χ2n) is 4.67. The highest BCUT2D eigenvalue weighted by Gasteiger charge is 2.09. The highest BCUT2D eigenvalue weighted by atomic mass is 35.5. The van der Waals surface area contributed by atoms with Crippen LogP contribution in [-0.2, 0) is 6.61 Å². The maximum Gasteiger partial charge on any atom is 0.132 e. The number of hydrogen-bond acceptors (Lipinski definition) is 3. The van der Waals surface area contributed by atoms with Crippen LogP contribution >= 0.6 is 23.8 Å². The fourth-order valence-corrected chi connectivity index (χ4v) is 2.04. The first-order valence-corrected chi connectivity index (χ1v) is 7.02. The Morgan fingerprint density at radius 3 is 2.80 bits per heavy atom. The topological polar surface area (TPSA) is 53.1 Å². The molecule has 2 rings (SSSR count). The zero-order valence-electron chi connectivity index (χ0n) is 11.3. The van der Waals surface area contributed by atoms with Crippen molar-refractivity contribution in [1.29, 1.82) is 0 Å². The molecule has 0 unspecified atom stereocenters. The second kappa shape index (κ2) is 6.24. The summed E-state index contributed by atoms with van der Waals surface area (Å²) < 4.78 is 7.61. The number of nitrogens with zero attached hydrogens (tertiary/aromatic N) is 2. The Balaban J connectivity index is 2.13. The van der Waals surface area contributed by atoms with Crippen molar-refractivity contribution in [3.05, 3.63) is 46.7 Å². The van der Waals surface area contributed by atoms with Gasteiger partial charge in [0.1, 0.15) is 17.3 Å². The van der Waals surface area contributed by atoms with Crippen LogP contribution in [0.4, 0.5) is 0 Å². The van der Waals surface area contributed by atoms with E-state index in [2.05, 4.69) is 18.9 Å². The van der Waals surface area contributed by atoms with Crippen LogP contribution in [0.1, 0.15) is 31.1 Å². The number of hydrogen-bond donors (Lipinski definition) is 1. The SMILES string of the molecule is CC(C)n1ccc(COc2cc(Cl)ccc2C(N)=S)n1. The molecule has 0 aliphatic carbocycles. The summed E-state index contributed by atoms with van der Waals surface area (Å²) >= 11 is 11.0. The summed E-state index contributed by atoms with van der Waals surface area (Å²) in [6.07, 6.45) is 1.93. The van der Waals surface area contributed by atoms with Crippen molar-refractivity contribution >= 4 is 28.8 Å². The van der Waals surface area contributed by atoms with Crippen LogP contribution in [0.2, 0.25) is 5.02 Å². The number of nitrogens with two attached hydrogens (primary N) is 1. The summed E-state index contributed by atoms with van der Waals surface area (Å²) in [6, 6.07) is 7.44. The summed E-state index contributed by atoms with van der Waals surface area (Å²) in [5.74, 6) is 0.573. The summed E-state index contributed by atoms with van der Waals surface area (Å²) in [7, 11) is 0. The number of rotatable bonds is 5. The lowest BCUT2D eigenvalue weighted by Gasteiger charge is -2.10. The predicted octanol–water partition coefficient (Wildman–Crippen LogP) is 3.33. The molecule has 2 N–H and O–H groups in total. The lowest BCUT2D eigenvalue weighted by Crippen LogP contribution is -2.12. The summed E-state index contributed by atoms with van der Waals surface area (Å²) in [4.78, 5) is 0.282. The molecule has 1 aromatic heterocycles. The third-order valence-corrected chi connectivity index (χ3v) is 3.23. The molecule has 0 atom stereocenters. The van der Waals surface area contributed by atoms with Gasteiger partial charge in [-0.15, -0.1) is 0 Å².